The fourth-order valence-electron chi connectivity index (χ4n) is 13.9. The highest BCUT2D eigenvalue weighted by molar-refractivity contribution is 6.80. The van der Waals surface area contributed by atoms with Crippen LogP contribution in [0.4, 0.5) is 49.6 Å². The zero-order valence-corrected chi connectivity index (χ0v) is 54.2. The molecular weight excluding hydrogens is 1020 g/mol. The Morgan fingerprint density at radius 3 is 1.03 bits per heavy atom. The van der Waals surface area contributed by atoms with E-state index in [-0.39, 0.29) is 19.3 Å². The molecule has 464 valence electrons. The Kier molecular flexibility index (Phi) is 40.6. The van der Waals surface area contributed by atoms with Gasteiger partial charge in [-0.15, -0.1) is 8.78 Å². The van der Waals surface area contributed by atoms with Crippen LogP contribution in [0.1, 0.15) is 289 Å². The first kappa shape index (κ1) is 77.0. The summed E-state index contributed by atoms with van der Waals surface area (Å²) in [6.07, 6.45) is 28.7. The Balaban J connectivity index is 0.00000159. The van der Waals surface area contributed by atoms with E-state index in [1.165, 1.54) is 128 Å². The Bertz CT molecular complexity index is 1520. The van der Waals surface area contributed by atoms with E-state index < -0.39 is 89.8 Å². The summed E-state index contributed by atoms with van der Waals surface area (Å²) in [5.41, 5.74) is -3.14. The van der Waals surface area contributed by atoms with E-state index in [4.69, 9.17) is 0 Å². The van der Waals surface area contributed by atoms with Gasteiger partial charge >= 0.3 is 17.9 Å². The number of halogens is 10. The topological polar surface area (TPSA) is 4.44 Å². The van der Waals surface area contributed by atoms with Crippen LogP contribution in [0.25, 0.3) is 0 Å². The summed E-state index contributed by atoms with van der Waals surface area (Å²) in [5, 5.41) is 6.61. The monoisotopic (exact) mass is 1150 g/mol. The minimum Gasteiger partial charge on any atom is -0.231 e. The molecule has 9 atom stereocenters. The SMILES string of the molecule is CCCC(CC)CCC(C)[CH2][Al-]([CH2]C(C)CCC(CC)CCC)([CH2]C(C)CCC(CC)CCC)[CH2]C(C)CCC(CC)CCC.CCCCCC[NH+](c1c(F)c(C)c(F)c(F)c1F)C(F)(F)C(F)(F)C(F)(F)CCCCCC. The second-order valence-electron chi connectivity index (χ2n) is 25.9. The molecule has 1 N–H and O–H groups in total. The minimum atomic E-state index is -6.02. The summed E-state index contributed by atoms with van der Waals surface area (Å²) < 4.78 is 144. The largest absolute Gasteiger partial charge is 0.464 e. The molecule has 0 saturated heterocycles. The lowest BCUT2D eigenvalue weighted by atomic mass is 9.92. The van der Waals surface area contributed by atoms with Crippen LogP contribution < -0.4 is 4.90 Å². The van der Waals surface area contributed by atoms with Gasteiger partial charge in [-0.25, -0.2) is 13.7 Å². The van der Waals surface area contributed by atoms with Crippen LogP contribution in [0.2, 0.25) is 21.1 Å². The number of benzene rings is 1. The molecule has 0 spiro atoms. The van der Waals surface area contributed by atoms with E-state index in [9.17, 15) is 35.1 Å². The molecule has 0 radical (unpaired) electrons. The summed E-state index contributed by atoms with van der Waals surface area (Å²) in [7, 11) is 0. The predicted molar refractivity (Wildman–Crippen MR) is 318 cm³/mol. The van der Waals surface area contributed by atoms with Crippen molar-refractivity contribution in [3.8, 4) is 0 Å². The fourth-order valence-corrected chi connectivity index (χ4v) is 22.8. The van der Waals surface area contributed by atoms with Crippen LogP contribution in [0.5, 0.6) is 0 Å². The van der Waals surface area contributed by atoms with Gasteiger partial charge in [-0.1, -0.05) is 281 Å². The molecule has 0 aliphatic rings. The Morgan fingerprint density at radius 1 is 0.385 bits per heavy atom. The summed E-state index contributed by atoms with van der Waals surface area (Å²) in [6.45, 7) is 33.1. The maximum atomic E-state index is 15.0. The summed E-state index contributed by atoms with van der Waals surface area (Å²) in [6, 6.07) is -5.73. The van der Waals surface area contributed by atoms with Gasteiger partial charge in [0.15, 0.2) is 11.6 Å². The number of rotatable bonds is 46. The van der Waals surface area contributed by atoms with E-state index >= 15 is 8.78 Å². The number of nitrogens with one attached hydrogen (secondary N) is 1. The number of hydrogen-bond donors (Lipinski definition) is 1. The fraction of sp³-hybridized carbons (Fsp3) is 0.909. The van der Waals surface area contributed by atoms with Gasteiger partial charge in [-0.05, 0) is 49.9 Å². The maximum absolute atomic E-state index is 15.0. The van der Waals surface area contributed by atoms with E-state index in [0.29, 0.717) is 32.6 Å². The van der Waals surface area contributed by atoms with Crippen molar-refractivity contribution < 1.29 is 48.8 Å². The molecule has 0 heterocycles. The lowest BCUT2D eigenvalue weighted by molar-refractivity contribution is -0.950. The first-order valence-electron chi connectivity index (χ1n) is 32.8. The molecule has 0 amide bonds. The van der Waals surface area contributed by atoms with Gasteiger partial charge < -0.3 is 0 Å². The summed E-state index contributed by atoms with van der Waals surface area (Å²) in [4.78, 5) is -2.01. The Morgan fingerprint density at radius 2 is 0.718 bits per heavy atom. The number of quaternary nitrogens is 1. The van der Waals surface area contributed by atoms with Crippen molar-refractivity contribution in [2.24, 2.45) is 47.3 Å². The van der Waals surface area contributed by atoms with Gasteiger partial charge in [0.25, 0.3) is 0 Å². The molecule has 9 unspecified atom stereocenters. The van der Waals surface area contributed by atoms with Gasteiger partial charge in [0, 0.05) is 12.0 Å². The highest BCUT2D eigenvalue weighted by atomic mass is 27.2. The summed E-state index contributed by atoms with van der Waals surface area (Å²) >= 11 is -1.85. The van der Waals surface area contributed by atoms with Crippen molar-refractivity contribution in [3.63, 3.8) is 0 Å². The lowest BCUT2D eigenvalue weighted by Crippen LogP contribution is -3.17. The van der Waals surface area contributed by atoms with Crippen LogP contribution in [-0.4, -0.2) is 37.5 Å². The van der Waals surface area contributed by atoms with E-state index in [2.05, 4.69) is 83.1 Å². The zero-order valence-electron chi connectivity index (χ0n) is 53.0. The van der Waals surface area contributed by atoms with Crippen molar-refractivity contribution >= 4 is 18.8 Å². The number of hydrogen-bond acceptors (Lipinski definition) is 0. The van der Waals surface area contributed by atoms with E-state index in [1.807, 2.05) is 0 Å². The molecule has 1 aromatic rings. The smallest absolute Gasteiger partial charge is 0.231 e. The van der Waals surface area contributed by atoms with Crippen molar-refractivity contribution in [3.05, 3.63) is 28.8 Å². The second-order valence-corrected chi connectivity index (χ2v) is 31.2. The van der Waals surface area contributed by atoms with Crippen LogP contribution in [-0.2, 0) is 0 Å². The van der Waals surface area contributed by atoms with Crippen LogP contribution in [0.15, 0.2) is 0 Å². The molecule has 1 nitrogen and oxygen atoms in total. The molecule has 0 bridgehead atoms. The molecule has 0 aliphatic carbocycles. The summed E-state index contributed by atoms with van der Waals surface area (Å²) in [5.74, 6) is -12.5. The highest BCUT2D eigenvalue weighted by Crippen LogP contribution is 2.47. The zero-order chi connectivity index (χ0) is 59.7. The van der Waals surface area contributed by atoms with Gasteiger partial charge in [-0.2, -0.15) is 47.5 Å². The van der Waals surface area contributed by atoms with Crippen LogP contribution >= 0.6 is 0 Å². The Labute approximate surface area is 477 Å². The number of alkyl halides is 6. The van der Waals surface area contributed by atoms with Crippen LogP contribution in [0, 0.1) is 77.5 Å². The molecule has 78 heavy (non-hydrogen) atoms. The van der Waals surface area contributed by atoms with Crippen molar-refractivity contribution in [2.45, 2.75) is 329 Å². The van der Waals surface area contributed by atoms with E-state index in [0.717, 1.165) is 47.3 Å². The molecule has 0 saturated carbocycles. The second kappa shape index (κ2) is 41.1. The van der Waals surface area contributed by atoms with E-state index in [1.54, 1.807) is 35.0 Å². The lowest BCUT2D eigenvalue weighted by Gasteiger charge is -2.45. The third-order valence-electron chi connectivity index (χ3n) is 18.6. The molecule has 0 aliphatic heterocycles. The Hall–Kier alpha value is -0.988. The maximum Gasteiger partial charge on any atom is 0.464 e. The quantitative estimate of drug-likeness (QED) is 0.0166. The van der Waals surface area contributed by atoms with Crippen molar-refractivity contribution in [1.29, 1.82) is 0 Å². The molecule has 1 rings (SSSR count). The average Bonchev–Trinajstić information content (AvgIpc) is 3.39. The van der Waals surface area contributed by atoms with Gasteiger partial charge in [0.2, 0.25) is 17.3 Å². The average molecular weight is 1150 g/mol. The van der Waals surface area contributed by atoms with Crippen molar-refractivity contribution in [2.75, 3.05) is 6.54 Å². The number of unbranched alkanes of at least 4 members (excludes halogenated alkanes) is 6. The standard InChI is InChI=1S/C22H29F10N.4C11H23.Al/c1-4-6-8-10-12-20(27,28)21(29,30)22(31,32)33(13-11-9-7-5-2)19-16(24)14(3)15(23)17(25)18(19)26;4*1-5-7-11(6-2)9-8-10(3)4;/h4-13H2,1-3H3;4*10-11H,3,5-9H2,1-2,4H3;/q;;;;;-1/p+1. The highest BCUT2D eigenvalue weighted by Gasteiger charge is 2.77. The molecular formula is C66H122AlF10N. The van der Waals surface area contributed by atoms with Crippen molar-refractivity contribution in [1.82, 2.24) is 0 Å². The first-order chi connectivity index (χ1) is 36.7. The minimum absolute atomic E-state index is 0.104. The molecule has 1 aromatic carbocycles. The van der Waals surface area contributed by atoms with Gasteiger partial charge in [0.05, 0.1) is 6.54 Å². The van der Waals surface area contributed by atoms with Crippen LogP contribution in [0.3, 0.4) is 0 Å². The molecule has 12 heteroatoms. The molecule has 0 aromatic heterocycles. The normalized spacial score (nSPS) is 16.9. The first-order valence-corrected chi connectivity index (χ1v) is 36.0. The third kappa shape index (κ3) is 26.7. The third-order valence-corrected chi connectivity index (χ3v) is 25.8. The van der Waals surface area contributed by atoms with Gasteiger partial charge in [0.1, 0.15) is 13.1 Å². The predicted octanol–water partition coefficient (Wildman–Crippen LogP) is 23.9. The van der Waals surface area contributed by atoms with Gasteiger partial charge in [-0.3, -0.25) is 0 Å². The molecule has 0 fully saturated rings.